The van der Waals surface area contributed by atoms with Gasteiger partial charge >= 0.3 is 9.28 Å². The van der Waals surface area contributed by atoms with E-state index < -0.39 is 9.28 Å². The molecule has 1 aromatic carbocycles. The van der Waals surface area contributed by atoms with E-state index in [2.05, 4.69) is 11.8 Å². The first kappa shape index (κ1) is 11.6. The topological polar surface area (TPSA) is 18.5 Å². The van der Waals surface area contributed by atoms with Gasteiger partial charge in [0.15, 0.2) is 0 Å². The van der Waals surface area contributed by atoms with Crippen molar-refractivity contribution in [2.24, 2.45) is 0 Å². The van der Waals surface area contributed by atoms with Crippen molar-refractivity contribution in [1.82, 2.24) is 0 Å². The number of rotatable bonds is 5. The highest BCUT2D eigenvalue weighted by Gasteiger charge is 2.17. The SMILES string of the molecule is C#CCO[Si](OCC#C)c1ccccc1. The van der Waals surface area contributed by atoms with E-state index in [9.17, 15) is 0 Å². The minimum absolute atomic E-state index is 0.244. The molecule has 0 bridgehead atoms. The van der Waals surface area contributed by atoms with Gasteiger partial charge in [0, 0.05) is 0 Å². The number of benzene rings is 1. The molecule has 0 aliphatic rings. The molecule has 3 heteroatoms. The predicted molar refractivity (Wildman–Crippen MR) is 61.4 cm³/mol. The molecule has 0 aliphatic heterocycles. The summed E-state index contributed by atoms with van der Waals surface area (Å²) in [6, 6.07) is 9.69. The van der Waals surface area contributed by atoms with Gasteiger partial charge in [0.25, 0.3) is 0 Å². The van der Waals surface area contributed by atoms with E-state index in [0.717, 1.165) is 5.19 Å². The molecule has 0 saturated carbocycles. The van der Waals surface area contributed by atoms with Gasteiger partial charge in [-0.25, -0.2) is 0 Å². The van der Waals surface area contributed by atoms with Gasteiger partial charge in [0.1, 0.15) is 0 Å². The van der Waals surface area contributed by atoms with Gasteiger partial charge in [0.2, 0.25) is 0 Å². The van der Waals surface area contributed by atoms with Gasteiger partial charge in [-0.15, -0.1) is 12.8 Å². The average Bonchev–Trinajstić information content (AvgIpc) is 2.30. The van der Waals surface area contributed by atoms with Gasteiger partial charge in [-0.3, -0.25) is 0 Å². The predicted octanol–water partition coefficient (Wildman–Crippen LogP) is 0.681. The van der Waals surface area contributed by atoms with Crippen molar-refractivity contribution in [2.45, 2.75) is 0 Å². The molecule has 2 nitrogen and oxygen atoms in total. The van der Waals surface area contributed by atoms with E-state index in [4.69, 9.17) is 21.7 Å². The third-order valence-electron chi connectivity index (χ3n) is 1.58. The molecule has 1 aromatic rings. The zero-order valence-corrected chi connectivity index (χ0v) is 9.27. The zero-order chi connectivity index (χ0) is 10.9. The Bertz CT molecular complexity index is 343. The van der Waals surface area contributed by atoms with Crippen LogP contribution in [0.1, 0.15) is 0 Å². The third-order valence-corrected chi connectivity index (χ3v) is 3.20. The first-order valence-corrected chi connectivity index (χ1v) is 5.75. The number of terminal acetylenes is 2. The molecule has 0 saturated heterocycles. The van der Waals surface area contributed by atoms with Crippen molar-refractivity contribution in [3.05, 3.63) is 30.3 Å². The van der Waals surface area contributed by atoms with Crippen molar-refractivity contribution in [3.8, 4) is 24.7 Å². The fourth-order valence-electron chi connectivity index (χ4n) is 0.997. The summed E-state index contributed by atoms with van der Waals surface area (Å²) in [6.07, 6.45) is 10.3. The maximum atomic E-state index is 5.43. The molecule has 0 aliphatic carbocycles. The number of hydrogen-bond donors (Lipinski definition) is 0. The highest BCUT2D eigenvalue weighted by Crippen LogP contribution is 1.93. The summed E-state index contributed by atoms with van der Waals surface area (Å²) in [5.74, 6) is 4.83. The fourth-order valence-corrected chi connectivity index (χ4v) is 2.31. The van der Waals surface area contributed by atoms with Gasteiger partial charge < -0.3 is 8.85 Å². The minimum atomic E-state index is -1.53. The van der Waals surface area contributed by atoms with Crippen LogP contribution in [0.2, 0.25) is 0 Å². The van der Waals surface area contributed by atoms with E-state index in [1.54, 1.807) is 0 Å². The molecule has 0 atom stereocenters. The smallest absolute Gasteiger partial charge is 0.378 e. The summed E-state index contributed by atoms with van der Waals surface area (Å²) in [4.78, 5) is 0. The molecule has 0 N–H and O–H groups in total. The molecular weight excluding hydrogens is 204 g/mol. The molecule has 0 spiro atoms. The number of hydrogen-bond acceptors (Lipinski definition) is 2. The van der Waals surface area contributed by atoms with Crippen molar-refractivity contribution in [1.29, 1.82) is 0 Å². The van der Waals surface area contributed by atoms with Crippen molar-refractivity contribution in [2.75, 3.05) is 13.2 Å². The molecule has 15 heavy (non-hydrogen) atoms. The van der Waals surface area contributed by atoms with E-state index in [1.807, 2.05) is 30.3 Å². The van der Waals surface area contributed by atoms with E-state index >= 15 is 0 Å². The van der Waals surface area contributed by atoms with E-state index in [0.29, 0.717) is 0 Å². The lowest BCUT2D eigenvalue weighted by Gasteiger charge is -2.11. The molecule has 0 fully saturated rings. The highest BCUT2D eigenvalue weighted by atomic mass is 28.3. The van der Waals surface area contributed by atoms with Gasteiger partial charge in [0.05, 0.1) is 13.2 Å². The Morgan fingerprint density at radius 1 is 1.00 bits per heavy atom. The Hall–Kier alpha value is -1.52. The van der Waals surface area contributed by atoms with Crippen LogP contribution in [-0.2, 0) is 8.85 Å². The van der Waals surface area contributed by atoms with Crippen molar-refractivity contribution in [3.63, 3.8) is 0 Å². The Morgan fingerprint density at radius 2 is 1.53 bits per heavy atom. The lowest BCUT2D eigenvalue weighted by atomic mass is 10.4. The summed E-state index contributed by atoms with van der Waals surface area (Å²) < 4.78 is 10.9. The summed E-state index contributed by atoms with van der Waals surface area (Å²) in [5, 5.41) is 1.01. The van der Waals surface area contributed by atoms with Gasteiger partial charge in [-0.1, -0.05) is 42.2 Å². The van der Waals surface area contributed by atoms with Crippen LogP contribution in [0, 0.1) is 24.7 Å². The van der Waals surface area contributed by atoms with E-state index in [1.165, 1.54) is 0 Å². The monoisotopic (exact) mass is 215 g/mol. The van der Waals surface area contributed by atoms with Crippen LogP contribution >= 0.6 is 0 Å². The fraction of sp³-hybridized carbons (Fsp3) is 0.167. The molecular formula is C12H11O2Si. The van der Waals surface area contributed by atoms with Gasteiger partial charge in [-0.05, 0) is 5.19 Å². The summed E-state index contributed by atoms with van der Waals surface area (Å²) >= 11 is 0. The first-order valence-electron chi connectivity index (χ1n) is 4.43. The quantitative estimate of drug-likeness (QED) is 0.531. The minimum Gasteiger partial charge on any atom is -0.378 e. The standard InChI is InChI=1S/C12H11O2Si/c1-3-10-13-15(14-11-4-2)12-8-6-5-7-9-12/h1-2,5-9H,10-11H2. The maximum absolute atomic E-state index is 5.43. The van der Waals surface area contributed by atoms with Crippen LogP contribution < -0.4 is 5.19 Å². The Morgan fingerprint density at radius 3 is 2.00 bits per heavy atom. The molecule has 0 amide bonds. The second-order valence-electron chi connectivity index (χ2n) is 2.64. The lowest BCUT2D eigenvalue weighted by Crippen LogP contribution is -2.37. The van der Waals surface area contributed by atoms with E-state index in [-0.39, 0.29) is 13.2 Å². The maximum Gasteiger partial charge on any atom is 0.425 e. The summed E-state index contributed by atoms with van der Waals surface area (Å²) in [5.41, 5.74) is 0. The average molecular weight is 215 g/mol. The second kappa shape index (κ2) is 6.86. The largest absolute Gasteiger partial charge is 0.425 e. The summed E-state index contributed by atoms with van der Waals surface area (Å²) in [7, 11) is -1.53. The van der Waals surface area contributed by atoms with Crippen LogP contribution in [-0.4, -0.2) is 22.5 Å². The lowest BCUT2D eigenvalue weighted by molar-refractivity contribution is 0.251. The molecule has 0 unspecified atom stereocenters. The third kappa shape index (κ3) is 4.01. The van der Waals surface area contributed by atoms with Crippen molar-refractivity contribution < 1.29 is 8.85 Å². The molecule has 1 radical (unpaired) electrons. The van der Waals surface area contributed by atoms with Gasteiger partial charge in [-0.2, -0.15) is 0 Å². The molecule has 0 heterocycles. The molecule has 1 rings (SSSR count). The Labute approximate surface area is 92.1 Å². The highest BCUT2D eigenvalue weighted by molar-refractivity contribution is 6.61. The van der Waals surface area contributed by atoms with Crippen LogP contribution in [0.4, 0.5) is 0 Å². The first-order chi connectivity index (χ1) is 7.38. The normalized spacial score (nSPS) is 9.53. The Kier molecular flexibility index (Phi) is 5.28. The van der Waals surface area contributed by atoms with Crippen LogP contribution in [0.25, 0.3) is 0 Å². The summed E-state index contributed by atoms with van der Waals surface area (Å²) in [6.45, 7) is 0.488. The van der Waals surface area contributed by atoms with Crippen molar-refractivity contribution >= 4 is 14.5 Å². The van der Waals surface area contributed by atoms with Crippen LogP contribution in [0.15, 0.2) is 30.3 Å². The molecule has 75 valence electrons. The molecule has 0 aromatic heterocycles. The zero-order valence-electron chi connectivity index (χ0n) is 8.27. The Balaban J connectivity index is 2.64. The van der Waals surface area contributed by atoms with Crippen LogP contribution in [0.5, 0.6) is 0 Å². The second-order valence-corrected chi connectivity index (χ2v) is 4.37. The van der Waals surface area contributed by atoms with Crippen LogP contribution in [0.3, 0.4) is 0 Å².